The number of benzene rings is 2. The molecule has 23 heavy (non-hydrogen) atoms. The van der Waals surface area contributed by atoms with Crippen molar-refractivity contribution < 1.29 is 14.3 Å². The third-order valence-corrected chi connectivity index (χ3v) is 3.64. The van der Waals surface area contributed by atoms with Crippen LogP contribution in [-0.2, 0) is 4.79 Å². The highest BCUT2D eigenvalue weighted by molar-refractivity contribution is 5.97. The summed E-state index contributed by atoms with van der Waals surface area (Å²) in [7, 11) is 0. The van der Waals surface area contributed by atoms with Gasteiger partial charge >= 0.3 is 0 Å². The molecule has 0 spiro atoms. The summed E-state index contributed by atoms with van der Waals surface area (Å²) in [6.45, 7) is 5.61. The van der Waals surface area contributed by atoms with E-state index < -0.39 is 12.0 Å². The van der Waals surface area contributed by atoms with E-state index >= 15 is 0 Å². The van der Waals surface area contributed by atoms with Gasteiger partial charge in [0.2, 0.25) is 5.91 Å². The Labute approximate surface area is 135 Å². The summed E-state index contributed by atoms with van der Waals surface area (Å²) < 4.78 is 5.73. The predicted octanol–water partition coefficient (Wildman–Crippen LogP) is 2.81. The minimum Gasteiger partial charge on any atom is -0.481 e. The molecule has 0 aromatic heterocycles. The van der Waals surface area contributed by atoms with Gasteiger partial charge in [0, 0.05) is 11.3 Å². The second kappa shape index (κ2) is 6.96. The van der Waals surface area contributed by atoms with Crippen LogP contribution in [0.2, 0.25) is 0 Å². The van der Waals surface area contributed by atoms with Crippen molar-refractivity contribution in [2.75, 3.05) is 5.32 Å². The average Bonchev–Trinajstić information content (AvgIpc) is 2.52. The van der Waals surface area contributed by atoms with Crippen LogP contribution in [0.3, 0.4) is 0 Å². The number of aryl methyl sites for hydroxylation is 1. The van der Waals surface area contributed by atoms with Crippen LogP contribution in [0, 0.1) is 13.8 Å². The quantitative estimate of drug-likeness (QED) is 0.890. The van der Waals surface area contributed by atoms with Crippen molar-refractivity contribution in [2.45, 2.75) is 26.9 Å². The molecule has 2 rings (SSSR count). The Morgan fingerprint density at radius 2 is 1.83 bits per heavy atom. The lowest BCUT2D eigenvalue weighted by Gasteiger charge is -2.17. The van der Waals surface area contributed by atoms with E-state index in [9.17, 15) is 9.59 Å². The third kappa shape index (κ3) is 4.10. The largest absolute Gasteiger partial charge is 0.481 e. The van der Waals surface area contributed by atoms with Crippen LogP contribution in [0.1, 0.15) is 28.4 Å². The number of hydrogen-bond acceptors (Lipinski definition) is 3. The molecular weight excluding hydrogens is 292 g/mol. The molecule has 5 nitrogen and oxygen atoms in total. The van der Waals surface area contributed by atoms with Gasteiger partial charge in [-0.25, -0.2) is 0 Å². The second-order valence-electron chi connectivity index (χ2n) is 5.39. The Hall–Kier alpha value is -2.82. The maximum absolute atomic E-state index is 12.2. The minimum atomic E-state index is -0.673. The number of amides is 2. The number of hydrogen-bond donors (Lipinski definition) is 2. The van der Waals surface area contributed by atoms with E-state index in [1.165, 1.54) is 6.07 Å². The summed E-state index contributed by atoms with van der Waals surface area (Å²) in [5.74, 6) is -0.160. The van der Waals surface area contributed by atoms with E-state index in [1.54, 1.807) is 25.1 Å². The number of carbonyl (C=O) groups is 2. The molecule has 0 heterocycles. The Bertz CT molecular complexity index is 741. The lowest BCUT2D eigenvalue weighted by atomic mass is 10.1. The zero-order valence-electron chi connectivity index (χ0n) is 13.4. The Morgan fingerprint density at radius 3 is 2.52 bits per heavy atom. The molecule has 0 aliphatic heterocycles. The standard InChI is InChI=1S/C18H20N2O3/c1-11-6-4-9-16(12(11)2)23-13(3)18(22)20-15-8-5-7-14(10-15)17(19)21/h4-10,13H,1-3H3,(H2,19,21)(H,20,22). The molecule has 0 fully saturated rings. The molecule has 2 aromatic carbocycles. The molecule has 0 aliphatic rings. The van der Waals surface area contributed by atoms with Gasteiger partial charge in [-0.2, -0.15) is 0 Å². The van der Waals surface area contributed by atoms with Crippen LogP contribution in [0.4, 0.5) is 5.69 Å². The molecule has 2 amide bonds. The first-order valence-corrected chi connectivity index (χ1v) is 7.32. The fraction of sp³-hybridized carbons (Fsp3) is 0.222. The lowest BCUT2D eigenvalue weighted by Crippen LogP contribution is -2.30. The average molecular weight is 312 g/mol. The molecule has 5 heteroatoms. The molecule has 120 valence electrons. The fourth-order valence-electron chi connectivity index (χ4n) is 2.09. The van der Waals surface area contributed by atoms with E-state index in [4.69, 9.17) is 10.5 Å². The summed E-state index contributed by atoms with van der Waals surface area (Å²) in [5, 5.41) is 2.72. The summed E-state index contributed by atoms with van der Waals surface area (Å²) in [6.07, 6.45) is -0.673. The zero-order chi connectivity index (χ0) is 17.0. The monoisotopic (exact) mass is 312 g/mol. The molecule has 2 aromatic rings. The highest BCUT2D eigenvalue weighted by atomic mass is 16.5. The van der Waals surface area contributed by atoms with E-state index in [2.05, 4.69) is 5.32 Å². The van der Waals surface area contributed by atoms with Gasteiger partial charge < -0.3 is 15.8 Å². The van der Waals surface area contributed by atoms with Crippen molar-refractivity contribution in [1.29, 1.82) is 0 Å². The SMILES string of the molecule is Cc1cccc(OC(C)C(=O)Nc2cccc(C(N)=O)c2)c1C. The number of carbonyl (C=O) groups excluding carboxylic acids is 2. The maximum atomic E-state index is 12.2. The van der Waals surface area contributed by atoms with Gasteiger partial charge in [0.25, 0.3) is 5.91 Å². The summed E-state index contributed by atoms with van der Waals surface area (Å²) in [6, 6.07) is 12.2. The van der Waals surface area contributed by atoms with E-state index in [1.807, 2.05) is 32.0 Å². The van der Waals surface area contributed by atoms with Crippen molar-refractivity contribution in [2.24, 2.45) is 5.73 Å². The Balaban J connectivity index is 2.07. The molecule has 1 unspecified atom stereocenters. The third-order valence-electron chi connectivity index (χ3n) is 3.64. The van der Waals surface area contributed by atoms with Gasteiger partial charge in [-0.05, 0) is 56.2 Å². The van der Waals surface area contributed by atoms with Gasteiger partial charge in [-0.15, -0.1) is 0 Å². The lowest BCUT2D eigenvalue weighted by molar-refractivity contribution is -0.122. The molecule has 0 radical (unpaired) electrons. The first-order chi connectivity index (χ1) is 10.9. The number of anilines is 1. The van der Waals surface area contributed by atoms with Crippen molar-refractivity contribution in [1.82, 2.24) is 0 Å². The van der Waals surface area contributed by atoms with Crippen molar-refractivity contribution in [3.8, 4) is 5.75 Å². The van der Waals surface area contributed by atoms with Crippen LogP contribution in [0.5, 0.6) is 5.75 Å². The van der Waals surface area contributed by atoms with Gasteiger partial charge in [-0.1, -0.05) is 18.2 Å². The van der Waals surface area contributed by atoms with E-state index in [-0.39, 0.29) is 5.91 Å². The summed E-state index contributed by atoms with van der Waals surface area (Å²) >= 11 is 0. The summed E-state index contributed by atoms with van der Waals surface area (Å²) in [4.78, 5) is 23.4. The number of nitrogens with two attached hydrogens (primary N) is 1. The smallest absolute Gasteiger partial charge is 0.265 e. The fourth-order valence-corrected chi connectivity index (χ4v) is 2.09. The van der Waals surface area contributed by atoms with Gasteiger partial charge in [0.1, 0.15) is 5.75 Å². The number of nitrogens with one attached hydrogen (secondary N) is 1. The highest BCUT2D eigenvalue weighted by Crippen LogP contribution is 2.22. The highest BCUT2D eigenvalue weighted by Gasteiger charge is 2.16. The zero-order valence-corrected chi connectivity index (χ0v) is 13.4. The molecule has 0 saturated heterocycles. The topological polar surface area (TPSA) is 81.4 Å². The molecule has 0 aliphatic carbocycles. The van der Waals surface area contributed by atoms with Crippen LogP contribution in [0.15, 0.2) is 42.5 Å². The number of ether oxygens (including phenoxy) is 1. The maximum Gasteiger partial charge on any atom is 0.265 e. The van der Waals surface area contributed by atoms with E-state index in [0.717, 1.165) is 11.1 Å². The number of rotatable bonds is 5. The molecule has 0 saturated carbocycles. The van der Waals surface area contributed by atoms with Crippen LogP contribution >= 0.6 is 0 Å². The molecule has 0 bridgehead atoms. The van der Waals surface area contributed by atoms with Gasteiger partial charge in [0.15, 0.2) is 6.10 Å². The Morgan fingerprint density at radius 1 is 1.13 bits per heavy atom. The van der Waals surface area contributed by atoms with Crippen molar-refractivity contribution in [3.63, 3.8) is 0 Å². The summed E-state index contributed by atoms with van der Waals surface area (Å²) in [5.41, 5.74) is 8.18. The number of primary amides is 1. The molecule has 3 N–H and O–H groups in total. The second-order valence-corrected chi connectivity index (χ2v) is 5.39. The van der Waals surface area contributed by atoms with Crippen LogP contribution in [-0.4, -0.2) is 17.9 Å². The van der Waals surface area contributed by atoms with Gasteiger partial charge in [0.05, 0.1) is 0 Å². The first kappa shape index (κ1) is 16.5. The van der Waals surface area contributed by atoms with Crippen LogP contribution in [0.25, 0.3) is 0 Å². The first-order valence-electron chi connectivity index (χ1n) is 7.32. The van der Waals surface area contributed by atoms with Crippen molar-refractivity contribution >= 4 is 17.5 Å². The Kier molecular flexibility index (Phi) is 5.01. The van der Waals surface area contributed by atoms with Crippen molar-refractivity contribution in [3.05, 3.63) is 59.2 Å². The molecule has 1 atom stereocenters. The predicted molar refractivity (Wildman–Crippen MR) is 89.6 cm³/mol. The van der Waals surface area contributed by atoms with E-state index in [0.29, 0.717) is 17.0 Å². The van der Waals surface area contributed by atoms with Gasteiger partial charge in [-0.3, -0.25) is 9.59 Å². The van der Waals surface area contributed by atoms with Crippen LogP contribution < -0.4 is 15.8 Å². The molecular formula is C18H20N2O3. The minimum absolute atomic E-state index is 0.299. The normalized spacial score (nSPS) is 11.6.